The molecule has 1 aromatic heterocycles. The summed E-state index contributed by atoms with van der Waals surface area (Å²) in [5.74, 6) is 1.70. The number of hydrogen-bond acceptors (Lipinski definition) is 5. The average Bonchev–Trinajstić information content (AvgIpc) is 2.72. The van der Waals surface area contributed by atoms with Crippen LogP contribution in [0, 0.1) is 0 Å². The van der Waals surface area contributed by atoms with Gasteiger partial charge in [0, 0.05) is 11.5 Å². The van der Waals surface area contributed by atoms with Crippen LogP contribution in [0.25, 0.3) is 10.8 Å². The average molecular weight is 371 g/mol. The van der Waals surface area contributed by atoms with Crippen LogP contribution in [0.5, 0.6) is 17.4 Å². The van der Waals surface area contributed by atoms with Gasteiger partial charge in [0.25, 0.3) is 0 Å². The number of nitrogens with zero attached hydrogens (tertiary/aromatic N) is 1. The minimum atomic E-state index is -0.533. The summed E-state index contributed by atoms with van der Waals surface area (Å²) in [6.45, 7) is 0. The maximum Gasteiger partial charge on any atom is 0.349 e. The van der Waals surface area contributed by atoms with Crippen molar-refractivity contribution in [1.82, 2.24) is 9.97 Å². The second kappa shape index (κ2) is 6.13. The summed E-state index contributed by atoms with van der Waals surface area (Å²) in [5, 5.41) is 2.17. The number of nitrogens with one attached hydrogen (secondary N) is 1. The van der Waals surface area contributed by atoms with E-state index >= 15 is 0 Å². The van der Waals surface area contributed by atoms with Gasteiger partial charge in [-0.3, -0.25) is 4.98 Å². The Morgan fingerprint density at radius 2 is 1.82 bits per heavy atom. The third-order valence-corrected chi connectivity index (χ3v) is 5.13. The number of benzene rings is 3. The SMILES string of the molecule is COc1ccc(C2c3c(nc(=O)[nH]c3N)Oc3ccc4ccccc4c32)cc1. The fourth-order valence-corrected chi connectivity index (χ4v) is 3.88. The van der Waals surface area contributed by atoms with Gasteiger partial charge in [0.15, 0.2) is 0 Å². The van der Waals surface area contributed by atoms with E-state index in [9.17, 15) is 4.79 Å². The third-order valence-electron chi connectivity index (χ3n) is 5.13. The first-order valence-electron chi connectivity index (χ1n) is 8.89. The predicted molar refractivity (Wildman–Crippen MR) is 107 cm³/mol. The Labute approximate surface area is 160 Å². The van der Waals surface area contributed by atoms with E-state index in [4.69, 9.17) is 15.2 Å². The van der Waals surface area contributed by atoms with Crippen LogP contribution in [-0.4, -0.2) is 17.1 Å². The molecule has 3 N–H and O–H groups in total. The molecule has 0 saturated carbocycles. The molecule has 1 unspecified atom stereocenters. The van der Waals surface area contributed by atoms with Crippen molar-refractivity contribution in [1.29, 1.82) is 0 Å². The molecule has 0 radical (unpaired) electrons. The number of aromatic amines is 1. The summed E-state index contributed by atoms with van der Waals surface area (Å²) in [7, 11) is 1.63. The lowest BCUT2D eigenvalue weighted by Gasteiger charge is -2.29. The molecule has 1 aliphatic rings. The summed E-state index contributed by atoms with van der Waals surface area (Å²) in [6, 6.07) is 19.8. The molecule has 28 heavy (non-hydrogen) atoms. The lowest BCUT2D eigenvalue weighted by Crippen LogP contribution is -2.22. The van der Waals surface area contributed by atoms with Crippen molar-refractivity contribution >= 4 is 16.6 Å². The van der Waals surface area contributed by atoms with Crippen molar-refractivity contribution in [2.75, 3.05) is 12.8 Å². The van der Waals surface area contributed by atoms with Gasteiger partial charge >= 0.3 is 5.69 Å². The maximum atomic E-state index is 11.9. The second-order valence-electron chi connectivity index (χ2n) is 6.68. The van der Waals surface area contributed by atoms with Gasteiger partial charge in [0.2, 0.25) is 5.88 Å². The molecule has 6 nitrogen and oxygen atoms in total. The van der Waals surface area contributed by atoms with Crippen molar-refractivity contribution in [3.8, 4) is 17.4 Å². The molecule has 2 heterocycles. The first-order valence-corrected chi connectivity index (χ1v) is 8.89. The van der Waals surface area contributed by atoms with E-state index in [0.29, 0.717) is 11.3 Å². The lowest BCUT2D eigenvalue weighted by atomic mass is 9.81. The first-order chi connectivity index (χ1) is 13.7. The Hall–Kier alpha value is -3.80. The van der Waals surface area contributed by atoms with Crippen LogP contribution < -0.4 is 20.9 Å². The van der Waals surface area contributed by atoms with E-state index in [-0.39, 0.29) is 17.6 Å². The topological polar surface area (TPSA) is 90.2 Å². The number of nitrogen functional groups attached to an aromatic ring is 1. The predicted octanol–water partition coefficient (Wildman–Crippen LogP) is 3.80. The molecule has 6 heteroatoms. The number of H-pyrrole nitrogens is 1. The summed E-state index contributed by atoms with van der Waals surface area (Å²) in [4.78, 5) is 18.5. The van der Waals surface area contributed by atoms with E-state index in [2.05, 4.69) is 22.1 Å². The monoisotopic (exact) mass is 371 g/mol. The van der Waals surface area contributed by atoms with Gasteiger partial charge < -0.3 is 15.2 Å². The van der Waals surface area contributed by atoms with Gasteiger partial charge in [0.05, 0.1) is 12.7 Å². The molecule has 0 aliphatic carbocycles. The molecule has 0 bridgehead atoms. The molecule has 5 rings (SSSR count). The maximum absolute atomic E-state index is 11.9. The van der Waals surface area contributed by atoms with Crippen LogP contribution in [-0.2, 0) is 0 Å². The molecule has 4 aromatic rings. The number of anilines is 1. The number of hydrogen-bond donors (Lipinski definition) is 2. The molecular formula is C22H17N3O3. The summed E-state index contributed by atoms with van der Waals surface area (Å²) in [6.07, 6.45) is 0. The van der Waals surface area contributed by atoms with Crippen LogP contribution >= 0.6 is 0 Å². The highest BCUT2D eigenvalue weighted by Crippen LogP contribution is 2.50. The number of rotatable bonds is 2. The molecule has 0 spiro atoms. The molecule has 1 aliphatic heterocycles. The summed E-state index contributed by atoms with van der Waals surface area (Å²) < 4.78 is 11.3. The Kier molecular flexibility index (Phi) is 3.58. The normalized spacial score (nSPS) is 14.8. The zero-order valence-corrected chi connectivity index (χ0v) is 15.1. The van der Waals surface area contributed by atoms with Crippen LogP contribution in [0.1, 0.15) is 22.6 Å². The van der Waals surface area contributed by atoms with Crippen LogP contribution in [0.4, 0.5) is 5.82 Å². The Morgan fingerprint density at radius 3 is 2.61 bits per heavy atom. The highest BCUT2D eigenvalue weighted by molar-refractivity contribution is 5.90. The Bertz CT molecular complexity index is 1260. The summed E-state index contributed by atoms with van der Waals surface area (Å²) in [5.41, 5.74) is 8.35. The van der Waals surface area contributed by atoms with Crippen molar-refractivity contribution < 1.29 is 9.47 Å². The van der Waals surface area contributed by atoms with E-state index < -0.39 is 5.69 Å². The Morgan fingerprint density at radius 1 is 1.04 bits per heavy atom. The van der Waals surface area contributed by atoms with Gasteiger partial charge in [-0.15, -0.1) is 0 Å². The van der Waals surface area contributed by atoms with Crippen LogP contribution in [0.2, 0.25) is 0 Å². The molecule has 0 amide bonds. The van der Waals surface area contributed by atoms with Gasteiger partial charge in [-0.1, -0.05) is 42.5 Å². The van der Waals surface area contributed by atoms with Gasteiger partial charge in [-0.05, 0) is 34.5 Å². The van der Waals surface area contributed by atoms with Gasteiger partial charge in [0.1, 0.15) is 17.3 Å². The van der Waals surface area contributed by atoms with Crippen molar-refractivity contribution in [2.45, 2.75) is 5.92 Å². The van der Waals surface area contributed by atoms with Gasteiger partial charge in [-0.25, -0.2) is 4.79 Å². The first kappa shape index (κ1) is 16.4. The fraction of sp³-hybridized carbons (Fsp3) is 0.0909. The van der Waals surface area contributed by atoms with E-state index in [0.717, 1.165) is 27.6 Å². The van der Waals surface area contributed by atoms with Gasteiger partial charge in [-0.2, -0.15) is 4.98 Å². The van der Waals surface area contributed by atoms with Crippen molar-refractivity contribution in [3.63, 3.8) is 0 Å². The number of fused-ring (bicyclic) bond motifs is 4. The third kappa shape index (κ3) is 2.42. The van der Waals surface area contributed by atoms with Crippen molar-refractivity contribution in [2.24, 2.45) is 0 Å². The zero-order valence-electron chi connectivity index (χ0n) is 15.1. The highest BCUT2D eigenvalue weighted by atomic mass is 16.5. The minimum Gasteiger partial charge on any atom is -0.497 e. The number of nitrogens with two attached hydrogens (primary N) is 1. The standard InChI is InChI=1S/C22H17N3O3/c1-27-14-9-6-13(7-10-14)17-18-15-5-3-2-4-12(15)8-11-16(18)28-21-19(17)20(23)24-22(26)25-21/h2-11,17H,1H3,(H3,23,24,25,26). The van der Waals surface area contributed by atoms with E-state index in [1.807, 2.05) is 48.5 Å². The molecule has 3 aromatic carbocycles. The fourth-order valence-electron chi connectivity index (χ4n) is 3.88. The number of aromatic nitrogens is 2. The van der Waals surface area contributed by atoms with E-state index in [1.165, 1.54) is 0 Å². The largest absolute Gasteiger partial charge is 0.497 e. The molecule has 1 atom stereocenters. The molecule has 0 fully saturated rings. The summed E-state index contributed by atoms with van der Waals surface area (Å²) >= 11 is 0. The molecule has 138 valence electrons. The molecule has 0 saturated heterocycles. The second-order valence-corrected chi connectivity index (χ2v) is 6.68. The number of ether oxygens (including phenoxy) is 2. The quantitative estimate of drug-likeness (QED) is 0.493. The smallest absolute Gasteiger partial charge is 0.349 e. The van der Waals surface area contributed by atoms with E-state index in [1.54, 1.807) is 7.11 Å². The minimum absolute atomic E-state index is 0.236. The van der Waals surface area contributed by atoms with Crippen LogP contribution in [0.15, 0.2) is 65.5 Å². The number of methoxy groups -OCH3 is 1. The van der Waals surface area contributed by atoms with Crippen LogP contribution in [0.3, 0.4) is 0 Å². The molecular weight excluding hydrogens is 354 g/mol. The Balaban J connectivity index is 1.85. The van der Waals surface area contributed by atoms with Crippen molar-refractivity contribution in [3.05, 3.63) is 87.8 Å². The zero-order chi connectivity index (χ0) is 19.3. The lowest BCUT2D eigenvalue weighted by molar-refractivity contribution is 0.414. The highest BCUT2D eigenvalue weighted by Gasteiger charge is 2.34.